The van der Waals surface area contributed by atoms with Crippen molar-refractivity contribution in [1.29, 1.82) is 0 Å². The third-order valence-corrected chi connectivity index (χ3v) is 5.82. The minimum Gasteiger partial charge on any atom is -0.497 e. The van der Waals surface area contributed by atoms with Crippen LogP contribution in [0.3, 0.4) is 0 Å². The standard InChI is InChI=1S/C20H24N2O2/c1-3-13-12-22-9-7-14(13)10-19(22)20(23)16-6-8-21-18-5-4-15(24-2)11-17(16)18/h3-6,8,11,13-14,19-20,23H,1,7,9-10,12H2,2H3/t13?,14-,19+,20-/m0/s1. The number of rotatable bonds is 4. The molecule has 4 heterocycles. The first-order valence-corrected chi connectivity index (χ1v) is 8.68. The largest absolute Gasteiger partial charge is 0.497 e. The molecule has 126 valence electrons. The van der Waals surface area contributed by atoms with Gasteiger partial charge in [-0.3, -0.25) is 9.88 Å². The maximum absolute atomic E-state index is 11.2. The van der Waals surface area contributed by atoms with Crippen LogP contribution in [0.1, 0.15) is 24.5 Å². The topological polar surface area (TPSA) is 45.6 Å². The molecule has 5 atom stereocenters. The van der Waals surface area contributed by atoms with E-state index in [9.17, 15) is 5.11 Å². The highest BCUT2D eigenvalue weighted by Crippen LogP contribution is 2.42. The monoisotopic (exact) mass is 324 g/mol. The third-order valence-electron chi connectivity index (χ3n) is 5.82. The zero-order chi connectivity index (χ0) is 16.7. The van der Waals surface area contributed by atoms with Crippen molar-refractivity contribution in [2.24, 2.45) is 11.8 Å². The highest BCUT2D eigenvalue weighted by atomic mass is 16.5. The van der Waals surface area contributed by atoms with E-state index in [4.69, 9.17) is 4.74 Å². The van der Waals surface area contributed by atoms with Gasteiger partial charge < -0.3 is 9.84 Å². The molecule has 4 nitrogen and oxygen atoms in total. The second-order valence-corrected chi connectivity index (χ2v) is 6.97. The molecular weight excluding hydrogens is 300 g/mol. The molecule has 3 saturated heterocycles. The number of fused-ring (bicyclic) bond motifs is 4. The fraction of sp³-hybridized carbons (Fsp3) is 0.450. The van der Waals surface area contributed by atoms with E-state index in [1.165, 1.54) is 6.42 Å². The van der Waals surface area contributed by atoms with Crippen molar-refractivity contribution in [1.82, 2.24) is 9.88 Å². The zero-order valence-corrected chi connectivity index (χ0v) is 14.1. The van der Waals surface area contributed by atoms with Crippen LogP contribution in [0.2, 0.25) is 0 Å². The lowest BCUT2D eigenvalue weighted by molar-refractivity contribution is -0.0444. The van der Waals surface area contributed by atoms with E-state index in [1.807, 2.05) is 24.3 Å². The number of ether oxygens (including phenoxy) is 1. The summed E-state index contributed by atoms with van der Waals surface area (Å²) in [6.45, 7) is 6.07. The molecule has 1 N–H and O–H groups in total. The first-order chi connectivity index (χ1) is 11.7. The van der Waals surface area contributed by atoms with E-state index in [1.54, 1.807) is 13.3 Å². The molecule has 4 heteroatoms. The number of methoxy groups -OCH3 is 1. The first kappa shape index (κ1) is 15.6. The molecule has 3 aliphatic heterocycles. The first-order valence-electron chi connectivity index (χ1n) is 8.68. The Balaban J connectivity index is 1.69. The fourth-order valence-corrected chi connectivity index (χ4v) is 4.44. The summed E-state index contributed by atoms with van der Waals surface area (Å²) < 4.78 is 5.35. The van der Waals surface area contributed by atoms with Crippen LogP contribution in [0.5, 0.6) is 5.75 Å². The lowest BCUT2D eigenvalue weighted by Gasteiger charge is -2.50. The molecule has 0 spiro atoms. The normalized spacial score (nSPS) is 30.2. The Morgan fingerprint density at radius 1 is 1.42 bits per heavy atom. The molecule has 2 unspecified atom stereocenters. The number of aliphatic hydroxyl groups is 1. The number of aliphatic hydroxyl groups excluding tert-OH is 1. The summed E-state index contributed by atoms with van der Waals surface area (Å²) in [5.41, 5.74) is 1.85. The van der Waals surface area contributed by atoms with Crippen LogP contribution in [0, 0.1) is 11.8 Å². The van der Waals surface area contributed by atoms with Crippen molar-refractivity contribution in [3.63, 3.8) is 0 Å². The number of benzene rings is 1. The van der Waals surface area contributed by atoms with Crippen molar-refractivity contribution in [2.75, 3.05) is 20.2 Å². The van der Waals surface area contributed by atoms with Gasteiger partial charge in [-0.25, -0.2) is 0 Å². The lowest BCUT2D eigenvalue weighted by Crippen LogP contribution is -2.54. The van der Waals surface area contributed by atoms with Crippen LogP contribution in [0.15, 0.2) is 43.1 Å². The molecule has 0 saturated carbocycles. The molecule has 0 amide bonds. The van der Waals surface area contributed by atoms with Gasteiger partial charge in [0.1, 0.15) is 5.75 Å². The summed E-state index contributed by atoms with van der Waals surface area (Å²) >= 11 is 0. The summed E-state index contributed by atoms with van der Waals surface area (Å²) in [5.74, 6) is 2.01. The number of hydrogen-bond acceptors (Lipinski definition) is 4. The Morgan fingerprint density at radius 2 is 2.29 bits per heavy atom. The second-order valence-electron chi connectivity index (χ2n) is 6.97. The van der Waals surface area contributed by atoms with Crippen molar-refractivity contribution >= 4 is 10.9 Å². The summed E-state index contributed by atoms with van der Waals surface area (Å²) in [6.07, 6.45) is 5.62. The maximum atomic E-state index is 11.2. The van der Waals surface area contributed by atoms with Crippen molar-refractivity contribution in [2.45, 2.75) is 25.0 Å². The van der Waals surface area contributed by atoms with E-state index >= 15 is 0 Å². The minimum absolute atomic E-state index is 0.178. The van der Waals surface area contributed by atoms with Gasteiger partial charge in [-0.15, -0.1) is 6.58 Å². The van der Waals surface area contributed by atoms with E-state index < -0.39 is 6.10 Å². The van der Waals surface area contributed by atoms with Crippen LogP contribution in [0.25, 0.3) is 10.9 Å². The van der Waals surface area contributed by atoms with Gasteiger partial charge in [0.2, 0.25) is 0 Å². The van der Waals surface area contributed by atoms with Crippen LogP contribution in [-0.4, -0.2) is 41.2 Å². The predicted octanol–water partition coefficient (Wildman–Crippen LogP) is 3.17. The van der Waals surface area contributed by atoms with E-state index in [0.29, 0.717) is 11.8 Å². The molecule has 24 heavy (non-hydrogen) atoms. The Labute approximate surface area is 142 Å². The summed E-state index contributed by atoms with van der Waals surface area (Å²) in [5, 5.41) is 12.1. The van der Waals surface area contributed by atoms with Gasteiger partial charge >= 0.3 is 0 Å². The molecule has 2 bridgehead atoms. The molecule has 0 aliphatic carbocycles. The summed E-state index contributed by atoms with van der Waals surface area (Å²) in [7, 11) is 1.66. The van der Waals surface area contributed by atoms with E-state index in [-0.39, 0.29) is 6.04 Å². The van der Waals surface area contributed by atoms with Gasteiger partial charge in [-0.05, 0) is 61.1 Å². The lowest BCUT2D eigenvalue weighted by atomic mass is 9.73. The Hall–Kier alpha value is -1.91. The number of piperidine rings is 3. The highest BCUT2D eigenvalue weighted by Gasteiger charge is 2.42. The van der Waals surface area contributed by atoms with Crippen molar-refractivity contribution in [3.8, 4) is 5.75 Å². The average molecular weight is 324 g/mol. The van der Waals surface area contributed by atoms with Gasteiger partial charge in [0.05, 0.1) is 18.7 Å². The number of aromatic nitrogens is 1. The van der Waals surface area contributed by atoms with E-state index in [2.05, 4.69) is 22.5 Å². The van der Waals surface area contributed by atoms with Crippen molar-refractivity contribution in [3.05, 3.63) is 48.7 Å². The highest BCUT2D eigenvalue weighted by molar-refractivity contribution is 5.83. The molecule has 2 aromatic rings. The molecule has 3 aliphatic rings. The second kappa shape index (κ2) is 6.19. The SMILES string of the molecule is C=CC1CN2CC[C@H]1C[C@@H]2[C@@H](O)c1ccnc2ccc(OC)cc12. The summed E-state index contributed by atoms with van der Waals surface area (Å²) in [4.78, 5) is 6.86. The van der Waals surface area contributed by atoms with Gasteiger partial charge in [0.15, 0.2) is 0 Å². The quantitative estimate of drug-likeness (QED) is 0.878. The van der Waals surface area contributed by atoms with Gasteiger partial charge in [0.25, 0.3) is 0 Å². The minimum atomic E-state index is -0.504. The van der Waals surface area contributed by atoms with E-state index in [0.717, 1.165) is 41.7 Å². The van der Waals surface area contributed by atoms with Crippen molar-refractivity contribution < 1.29 is 9.84 Å². The number of hydrogen-bond donors (Lipinski definition) is 1. The van der Waals surface area contributed by atoms with Gasteiger partial charge in [-0.2, -0.15) is 0 Å². The van der Waals surface area contributed by atoms with Crippen LogP contribution >= 0.6 is 0 Å². The molecule has 1 aromatic heterocycles. The Bertz CT molecular complexity index is 760. The average Bonchev–Trinajstić information content (AvgIpc) is 2.66. The zero-order valence-electron chi connectivity index (χ0n) is 14.1. The molecular formula is C20H24N2O2. The third kappa shape index (κ3) is 2.50. The van der Waals surface area contributed by atoms with Crippen LogP contribution in [0.4, 0.5) is 0 Å². The van der Waals surface area contributed by atoms with Crippen LogP contribution < -0.4 is 4.74 Å². The molecule has 3 fully saturated rings. The summed E-state index contributed by atoms with van der Waals surface area (Å²) in [6, 6.07) is 7.96. The van der Waals surface area contributed by atoms with Gasteiger partial charge in [0, 0.05) is 24.2 Å². The van der Waals surface area contributed by atoms with Crippen LogP contribution in [-0.2, 0) is 0 Å². The Kier molecular flexibility index (Phi) is 4.02. The van der Waals surface area contributed by atoms with Gasteiger partial charge in [-0.1, -0.05) is 6.08 Å². The number of pyridine rings is 1. The molecule has 1 aromatic carbocycles. The smallest absolute Gasteiger partial charge is 0.119 e. The maximum Gasteiger partial charge on any atom is 0.119 e. The molecule has 0 radical (unpaired) electrons. The fourth-order valence-electron chi connectivity index (χ4n) is 4.44. The number of nitrogens with zero attached hydrogens (tertiary/aromatic N) is 2. The Morgan fingerprint density at radius 3 is 3.00 bits per heavy atom. The predicted molar refractivity (Wildman–Crippen MR) is 95.0 cm³/mol. The molecule has 5 rings (SSSR count).